The number of aryl methyl sites for hydroxylation is 1. The van der Waals surface area contributed by atoms with E-state index in [1.54, 1.807) is 0 Å². The summed E-state index contributed by atoms with van der Waals surface area (Å²) in [7, 11) is 0. The summed E-state index contributed by atoms with van der Waals surface area (Å²) in [6.07, 6.45) is 4.99. The summed E-state index contributed by atoms with van der Waals surface area (Å²) >= 11 is 1.96. The zero-order chi connectivity index (χ0) is 13.1. The Bertz CT molecular complexity index is 384. The molecule has 102 valence electrons. The first kappa shape index (κ1) is 14.0. The maximum atomic E-state index is 4.91. The third-order valence-corrected chi connectivity index (χ3v) is 5.11. The van der Waals surface area contributed by atoms with Gasteiger partial charge in [-0.15, -0.1) is 11.3 Å². The SMILES string of the molecule is CCNC1CCCc2nc(C(C)CC(C)C)sc21. The molecule has 2 nitrogen and oxygen atoms in total. The number of nitrogens with zero attached hydrogens (tertiary/aromatic N) is 1. The minimum Gasteiger partial charge on any atom is -0.309 e. The Morgan fingerprint density at radius 1 is 1.39 bits per heavy atom. The maximum absolute atomic E-state index is 4.91. The monoisotopic (exact) mass is 266 g/mol. The predicted octanol–water partition coefficient (Wildman–Crippen LogP) is 4.28. The standard InChI is InChI=1S/C15H26N2S/c1-5-16-12-7-6-8-13-14(12)18-15(17-13)11(4)9-10(2)3/h10-12,16H,5-9H2,1-4H3. The molecule has 1 aliphatic carbocycles. The molecule has 1 heterocycles. The van der Waals surface area contributed by atoms with Crippen LogP contribution in [0.25, 0.3) is 0 Å². The van der Waals surface area contributed by atoms with Crippen LogP contribution < -0.4 is 5.32 Å². The van der Waals surface area contributed by atoms with Gasteiger partial charge < -0.3 is 5.32 Å². The molecule has 2 atom stereocenters. The van der Waals surface area contributed by atoms with Crippen LogP contribution in [0.5, 0.6) is 0 Å². The zero-order valence-corrected chi connectivity index (χ0v) is 12.9. The molecule has 0 fully saturated rings. The van der Waals surface area contributed by atoms with E-state index < -0.39 is 0 Å². The average Bonchev–Trinajstić information content (AvgIpc) is 2.73. The van der Waals surface area contributed by atoms with Crippen molar-refractivity contribution in [2.45, 2.75) is 65.3 Å². The van der Waals surface area contributed by atoms with Crippen LogP contribution in [0.15, 0.2) is 0 Å². The van der Waals surface area contributed by atoms with Gasteiger partial charge in [-0.05, 0) is 38.1 Å². The lowest BCUT2D eigenvalue weighted by atomic mass is 9.97. The lowest BCUT2D eigenvalue weighted by Crippen LogP contribution is -2.23. The smallest absolute Gasteiger partial charge is 0.0959 e. The van der Waals surface area contributed by atoms with Gasteiger partial charge in [0.15, 0.2) is 0 Å². The second-order valence-corrected chi connectivity index (χ2v) is 6.96. The molecule has 1 aromatic heterocycles. The van der Waals surface area contributed by atoms with E-state index in [0.717, 1.165) is 12.5 Å². The quantitative estimate of drug-likeness (QED) is 0.860. The van der Waals surface area contributed by atoms with Gasteiger partial charge in [0.05, 0.1) is 10.7 Å². The van der Waals surface area contributed by atoms with Gasteiger partial charge in [0.25, 0.3) is 0 Å². The van der Waals surface area contributed by atoms with Crippen LogP contribution in [0.2, 0.25) is 0 Å². The zero-order valence-electron chi connectivity index (χ0n) is 12.1. The number of hydrogen-bond donors (Lipinski definition) is 1. The Hall–Kier alpha value is -0.410. The third kappa shape index (κ3) is 3.12. The van der Waals surface area contributed by atoms with Crippen molar-refractivity contribution in [3.63, 3.8) is 0 Å². The Morgan fingerprint density at radius 3 is 2.83 bits per heavy atom. The van der Waals surface area contributed by atoms with Crippen molar-refractivity contribution in [2.24, 2.45) is 5.92 Å². The first-order valence-corrected chi connectivity index (χ1v) is 8.16. The molecule has 18 heavy (non-hydrogen) atoms. The Morgan fingerprint density at radius 2 is 2.17 bits per heavy atom. The highest BCUT2D eigenvalue weighted by Gasteiger charge is 2.25. The number of rotatable bonds is 5. The molecule has 1 N–H and O–H groups in total. The Balaban J connectivity index is 2.16. The highest BCUT2D eigenvalue weighted by Crippen LogP contribution is 2.37. The van der Waals surface area contributed by atoms with Gasteiger partial charge in [-0.1, -0.05) is 27.7 Å². The van der Waals surface area contributed by atoms with Crippen molar-refractivity contribution in [3.05, 3.63) is 15.6 Å². The summed E-state index contributed by atoms with van der Waals surface area (Å²) in [4.78, 5) is 6.44. The van der Waals surface area contributed by atoms with Crippen molar-refractivity contribution in [3.8, 4) is 0 Å². The van der Waals surface area contributed by atoms with E-state index in [-0.39, 0.29) is 0 Å². The van der Waals surface area contributed by atoms with Gasteiger partial charge in [0.1, 0.15) is 0 Å². The van der Waals surface area contributed by atoms with E-state index in [1.807, 2.05) is 11.3 Å². The van der Waals surface area contributed by atoms with Gasteiger partial charge in [-0.2, -0.15) is 0 Å². The van der Waals surface area contributed by atoms with Crippen LogP contribution in [0.3, 0.4) is 0 Å². The van der Waals surface area contributed by atoms with E-state index in [1.165, 1.54) is 41.3 Å². The molecule has 0 saturated heterocycles. The van der Waals surface area contributed by atoms with Gasteiger partial charge in [0, 0.05) is 16.8 Å². The van der Waals surface area contributed by atoms with Crippen molar-refractivity contribution in [2.75, 3.05) is 6.54 Å². The first-order valence-electron chi connectivity index (χ1n) is 7.34. The molecule has 1 aliphatic rings. The fourth-order valence-electron chi connectivity index (χ4n) is 2.90. The predicted molar refractivity (Wildman–Crippen MR) is 79.3 cm³/mol. The minimum atomic E-state index is 0.566. The largest absolute Gasteiger partial charge is 0.309 e. The van der Waals surface area contributed by atoms with E-state index in [4.69, 9.17) is 4.98 Å². The van der Waals surface area contributed by atoms with E-state index >= 15 is 0 Å². The number of fused-ring (bicyclic) bond motifs is 1. The van der Waals surface area contributed by atoms with Crippen LogP contribution in [0.1, 0.15) is 74.5 Å². The van der Waals surface area contributed by atoms with E-state index in [2.05, 4.69) is 33.0 Å². The topological polar surface area (TPSA) is 24.9 Å². The summed E-state index contributed by atoms with van der Waals surface area (Å²) in [5, 5.41) is 4.96. The van der Waals surface area contributed by atoms with Gasteiger partial charge in [0.2, 0.25) is 0 Å². The molecular formula is C15H26N2S. The van der Waals surface area contributed by atoms with Crippen LogP contribution in [0, 0.1) is 5.92 Å². The summed E-state index contributed by atoms with van der Waals surface area (Å²) in [6, 6.07) is 0.566. The third-order valence-electron chi connectivity index (χ3n) is 3.66. The lowest BCUT2D eigenvalue weighted by molar-refractivity contribution is 0.475. The highest BCUT2D eigenvalue weighted by atomic mass is 32.1. The first-order chi connectivity index (χ1) is 8.61. The molecule has 1 aromatic rings. The molecule has 0 saturated carbocycles. The summed E-state index contributed by atoms with van der Waals surface area (Å²) in [5.74, 6) is 1.37. The molecule has 0 aliphatic heterocycles. The summed E-state index contributed by atoms with van der Waals surface area (Å²) < 4.78 is 0. The van der Waals surface area contributed by atoms with Crippen molar-refractivity contribution in [1.82, 2.24) is 10.3 Å². The maximum Gasteiger partial charge on any atom is 0.0959 e. The number of aromatic nitrogens is 1. The molecule has 3 heteroatoms. The van der Waals surface area contributed by atoms with Crippen molar-refractivity contribution >= 4 is 11.3 Å². The average molecular weight is 266 g/mol. The molecule has 2 unspecified atom stereocenters. The molecule has 2 rings (SSSR count). The second kappa shape index (κ2) is 6.16. The second-order valence-electron chi connectivity index (χ2n) is 5.90. The Labute approximate surface area is 115 Å². The fourth-order valence-corrected chi connectivity index (χ4v) is 4.19. The lowest BCUT2D eigenvalue weighted by Gasteiger charge is -2.21. The molecule has 0 bridgehead atoms. The molecular weight excluding hydrogens is 240 g/mol. The molecule has 0 spiro atoms. The minimum absolute atomic E-state index is 0.566. The fraction of sp³-hybridized carbons (Fsp3) is 0.800. The molecule has 0 radical (unpaired) electrons. The van der Waals surface area contributed by atoms with Gasteiger partial charge in [-0.3, -0.25) is 0 Å². The van der Waals surface area contributed by atoms with E-state index in [0.29, 0.717) is 12.0 Å². The van der Waals surface area contributed by atoms with Crippen LogP contribution in [0.4, 0.5) is 0 Å². The molecule has 0 amide bonds. The Kier molecular flexibility index (Phi) is 4.79. The summed E-state index contributed by atoms with van der Waals surface area (Å²) in [6.45, 7) is 10.2. The van der Waals surface area contributed by atoms with Crippen LogP contribution >= 0.6 is 11.3 Å². The number of thiazole rings is 1. The highest BCUT2D eigenvalue weighted by molar-refractivity contribution is 7.12. The number of nitrogens with one attached hydrogen (secondary N) is 1. The van der Waals surface area contributed by atoms with Gasteiger partial charge in [-0.25, -0.2) is 4.98 Å². The van der Waals surface area contributed by atoms with Crippen molar-refractivity contribution in [1.29, 1.82) is 0 Å². The van der Waals surface area contributed by atoms with Crippen LogP contribution in [-0.4, -0.2) is 11.5 Å². The summed E-state index contributed by atoms with van der Waals surface area (Å²) in [5.41, 5.74) is 1.38. The van der Waals surface area contributed by atoms with E-state index in [9.17, 15) is 0 Å². The van der Waals surface area contributed by atoms with Crippen molar-refractivity contribution < 1.29 is 0 Å². The molecule has 0 aromatic carbocycles. The number of hydrogen-bond acceptors (Lipinski definition) is 3. The normalized spacial score (nSPS) is 21.1. The van der Waals surface area contributed by atoms with Crippen LogP contribution in [-0.2, 0) is 6.42 Å². The van der Waals surface area contributed by atoms with Gasteiger partial charge >= 0.3 is 0 Å².